The van der Waals surface area contributed by atoms with E-state index in [0.29, 0.717) is 12.1 Å². The Bertz CT molecular complexity index is 314. The van der Waals surface area contributed by atoms with E-state index >= 15 is 0 Å². The van der Waals surface area contributed by atoms with Crippen LogP contribution in [0.15, 0.2) is 24.3 Å². The SMILES string of the molecule is [O]CCc1ccc(NC(=O)NCCl)cc1. The van der Waals surface area contributed by atoms with Crippen LogP contribution < -0.4 is 10.6 Å². The van der Waals surface area contributed by atoms with Crippen LogP contribution in [0, 0.1) is 0 Å². The molecule has 1 rings (SSSR count). The molecule has 0 atom stereocenters. The minimum Gasteiger partial charge on any atom is -0.324 e. The molecule has 1 aromatic carbocycles. The Morgan fingerprint density at radius 3 is 2.47 bits per heavy atom. The summed E-state index contributed by atoms with van der Waals surface area (Å²) < 4.78 is 0. The predicted molar refractivity (Wildman–Crippen MR) is 58.6 cm³/mol. The van der Waals surface area contributed by atoms with E-state index in [2.05, 4.69) is 10.6 Å². The summed E-state index contributed by atoms with van der Waals surface area (Å²) in [4.78, 5) is 11.1. The van der Waals surface area contributed by atoms with Gasteiger partial charge in [-0.25, -0.2) is 9.90 Å². The minimum atomic E-state index is -0.346. The molecule has 0 bridgehead atoms. The maximum atomic E-state index is 11.1. The monoisotopic (exact) mass is 227 g/mol. The second-order valence-corrected chi connectivity index (χ2v) is 3.18. The van der Waals surface area contributed by atoms with Crippen LogP contribution >= 0.6 is 11.6 Å². The number of anilines is 1. The van der Waals surface area contributed by atoms with Gasteiger partial charge in [0.25, 0.3) is 0 Å². The van der Waals surface area contributed by atoms with Crippen molar-refractivity contribution in [3.05, 3.63) is 29.8 Å². The normalized spacial score (nSPS) is 9.73. The molecular formula is C10H12ClN2O2. The molecular weight excluding hydrogens is 216 g/mol. The van der Waals surface area contributed by atoms with Gasteiger partial charge in [0.15, 0.2) is 0 Å². The number of carbonyl (C=O) groups excluding carboxylic acids is 1. The van der Waals surface area contributed by atoms with Crippen molar-refractivity contribution in [1.29, 1.82) is 0 Å². The summed E-state index contributed by atoms with van der Waals surface area (Å²) in [6.07, 6.45) is 0.508. The van der Waals surface area contributed by atoms with Crippen molar-refractivity contribution in [2.24, 2.45) is 0 Å². The number of amides is 2. The number of hydrogen-bond donors (Lipinski definition) is 2. The van der Waals surface area contributed by atoms with Gasteiger partial charge < -0.3 is 10.6 Å². The highest BCUT2D eigenvalue weighted by Gasteiger charge is 1.99. The van der Waals surface area contributed by atoms with E-state index < -0.39 is 0 Å². The highest BCUT2D eigenvalue weighted by Crippen LogP contribution is 2.09. The van der Waals surface area contributed by atoms with Crippen LogP contribution in [0.1, 0.15) is 5.56 Å². The second-order valence-electron chi connectivity index (χ2n) is 2.92. The highest BCUT2D eigenvalue weighted by atomic mass is 35.5. The third-order valence-electron chi connectivity index (χ3n) is 1.83. The third kappa shape index (κ3) is 4.18. The van der Waals surface area contributed by atoms with Crippen molar-refractivity contribution in [3.63, 3.8) is 0 Å². The molecule has 4 nitrogen and oxygen atoms in total. The topological polar surface area (TPSA) is 61.0 Å². The van der Waals surface area contributed by atoms with Gasteiger partial charge in [0, 0.05) is 5.69 Å². The standard InChI is InChI=1S/C10H12ClN2O2/c11-7-12-10(15)13-9-3-1-8(2-4-9)5-6-14/h1-4H,5-7H2,(H2,12,13,15). The van der Waals surface area contributed by atoms with Gasteiger partial charge in [0.05, 0.1) is 12.6 Å². The molecule has 5 heteroatoms. The van der Waals surface area contributed by atoms with Gasteiger partial charge in [-0.2, -0.15) is 0 Å². The quantitative estimate of drug-likeness (QED) is 0.600. The van der Waals surface area contributed by atoms with Crippen LogP contribution in [0.25, 0.3) is 0 Å². The third-order valence-corrected chi connectivity index (χ3v) is 1.96. The minimum absolute atomic E-state index is 0.0695. The van der Waals surface area contributed by atoms with Crippen molar-refractivity contribution < 1.29 is 9.90 Å². The number of hydrogen-bond acceptors (Lipinski definition) is 1. The molecule has 15 heavy (non-hydrogen) atoms. The van der Waals surface area contributed by atoms with Crippen molar-refractivity contribution in [1.82, 2.24) is 5.32 Å². The van der Waals surface area contributed by atoms with Crippen LogP contribution in [0.2, 0.25) is 0 Å². The van der Waals surface area contributed by atoms with Crippen molar-refractivity contribution in [2.75, 3.05) is 17.9 Å². The summed E-state index contributed by atoms with van der Waals surface area (Å²) in [6.45, 7) is -0.125. The molecule has 2 amide bonds. The Morgan fingerprint density at radius 2 is 1.93 bits per heavy atom. The first-order chi connectivity index (χ1) is 7.26. The van der Waals surface area contributed by atoms with Gasteiger partial charge in [0.2, 0.25) is 0 Å². The number of rotatable bonds is 4. The first-order valence-corrected chi connectivity index (χ1v) is 5.07. The van der Waals surface area contributed by atoms with Gasteiger partial charge in [-0.15, -0.1) is 11.6 Å². The molecule has 0 aliphatic carbocycles. The average molecular weight is 228 g/mol. The molecule has 0 spiro atoms. The van der Waals surface area contributed by atoms with Crippen LogP contribution in [-0.4, -0.2) is 18.6 Å². The molecule has 1 radical (unpaired) electrons. The van der Waals surface area contributed by atoms with E-state index in [1.54, 1.807) is 12.1 Å². The summed E-state index contributed by atoms with van der Waals surface area (Å²) in [5, 5.41) is 15.4. The molecule has 0 saturated carbocycles. The molecule has 0 aromatic heterocycles. The van der Waals surface area contributed by atoms with Gasteiger partial charge >= 0.3 is 6.03 Å². The summed E-state index contributed by atoms with van der Waals surface area (Å²) >= 11 is 5.32. The number of nitrogens with one attached hydrogen (secondary N) is 2. The van der Waals surface area contributed by atoms with Gasteiger partial charge in [-0.05, 0) is 24.1 Å². The zero-order chi connectivity index (χ0) is 11.1. The molecule has 0 aliphatic heterocycles. The maximum Gasteiger partial charge on any atom is 0.320 e. The van der Waals surface area contributed by atoms with Gasteiger partial charge in [-0.1, -0.05) is 12.1 Å². The van der Waals surface area contributed by atoms with E-state index in [1.165, 1.54) is 0 Å². The number of benzene rings is 1. The predicted octanol–water partition coefficient (Wildman–Crippen LogP) is 1.98. The van der Waals surface area contributed by atoms with Crippen molar-refractivity contribution in [3.8, 4) is 0 Å². The molecule has 0 aliphatic rings. The highest BCUT2D eigenvalue weighted by molar-refractivity contribution is 6.18. The molecule has 0 saturated heterocycles. The molecule has 81 valence electrons. The Morgan fingerprint density at radius 1 is 1.27 bits per heavy atom. The summed E-state index contributed by atoms with van der Waals surface area (Å²) in [5.74, 6) is 0. The maximum absolute atomic E-state index is 11.1. The Balaban J connectivity index is 2.52. The van der Waals surface area contributed by atoms with Crippen molar-refractivity contribution in [2.45, 2.75) is 6.42 Å². The molecule has 0 heterocycles. The summed E-state index contributed by atoms with van der Waals surface area (Å²) in [6, 6.07) is 6.85. The van der Waals surface area contributed by atoms with Crippen LogP contribution in [-0.2, 0) is 11.5 Å². The molecule has 0 unspecified atom stereocenters. The zero-order valence-corrected chi connectivity index (χ0v) is 8.88. The average Bonchev–Trinajstić information content (AvgIpc) is 2.22. The number of urea groups is 1. The van der Waals surface area contributed by atoms with Crippen LogP contribution in [0.3, 0.4) is 0 Å². The molecule has 1 aromatic rings. The number of alkyl halides is 1. The zero-order valence-electron chi connectivity index (χ0n) is 8.13. The smallest absolute Gasteiger partial charge is 0.320 e. The first kappa shape index (κ1) is 11.8. The summed E-state index contributed by atoms with van der Waals surface area (Å²) in [5.41, 5.74) is 1.64. The van der Waals surface area contributed by atoms with Gasteiger partial charge in [-0.3, -0.25) is 0 Å². The lowest BCUT2D eigenvalue weighted by molar-refractivity contribution is 0.197. The van der Waals surface area contributed by atoms with E-state index in [4.69, 9.17) is 11.6 Å². The number of carbonyl (C=O) groups is 1. The lowest BCUT2D eigenvalue weighted by Gasteiger charge is -2.05. The Labute approximate surface area is 93.2 Å². The molecule has 2 N–H and O–H groups in total. The second kappa shape index (κ2) is 6.27. The van der Waals surface area contributed by atoms with E-state index in [-0.39, 0.29) is 18.6 Å². The van der Waals surface area contributed by atoms with E-state index in [9.17, 15) is 9.90 Å². The lowest BCUT2D eigenvalue weighted by Crippen LogP contribution is -2.27. The first-order valence-electron chi connectivity index (χ1n) is 4.54. The largest absolute Gasteiger partial charge is 0.324 e. The van der Waals surface area contributed by atoms with E-state index in [0.717, 1.165) is 5.56 Å². The van der Waals surface area contributed by atoms with E-state index in [1.807, 2.05) is 12.1 Å². The molecule has 0 fully saturated rings. The Kier molecular flexibility index (Phi) is 4.93. The summed E-state index contributed by atoms with van der Waals surface area (Å²) in [7, 11) is 0. The lowest BCUT2D eigenvalue weighted by atomic mass is 10.1. The van der Waals surface area contributed by atoms with Crippen LogP contribution in [0.4, 0.5) is 10.5 Å². The fourth-order valence-electron chi connectivity index (χ4n) is 1.11. The fraction of sp³-hybridized carbons (Fsp3) is 0.300. The van der Waals surface area contributed by atoms with Crippen molar-refractivity contribution >= 4 is 23.3 Å². The number of halogens is 1. The van der Waals surface area contributed by atoms with Crippen LogP contribution in [0.5, 0.6) is 0 Å². The Hall–Kier alpha value is -1.26. The fourth-order valence-corrected chi connectivity index (χ4v) is 1.23. The van der Waals surface area contributed by atoms with Gasteiger partial charge in [0.1, 0.15) is 0 Å².